The van der Waals surface area contributed by atoms with Crippen LogP contribution in [0.4, 0.5) is 4.39 Å². The van der Waals surface area contributed by atoms with Crippen molar-refractivity contribution >= 4 is 25.8 Å². The molecule has 0 aromatic heterocycles. The van der Waals surface area contributed by atoms with E-state index in [2.05, 4.69) is 21.2 Å². The highest BCUT2D eigenvalue weighted by molar-refractivity contribution is 9.10. The first-order chi connectivity index (χ1) is 9.44. The fraction of sp³-hybridized carbons (Fsp3) is 0.571. The number of halogens is 2. The van der Waals surface area contributed by atoms with E-state index in [1.807, 2.05) is 0 Å². The lowest BCUT2D eigenvalue weighted by molar-refractivity contribution is 0.450. The molecule has 1 fully saturated rings. The van der Waals surface area contributed by atoms with Crippen molar-refractivity contribution in [3.63, 3.8) is 0 Å². The van der Waals surface area contributed by atoms with Crippen molar-refractivity contribution in [1.82, 2.24) is 5.32 Å². The molecular weight excluding hydrogens is 345 g/mol. The molecule has 20 heavy (non-hydrogen) atoms. The highest BCUT2D eigenvalue weighted by Gasteiger charge is 2.35. The Morgan fingerprint density at radius 1 is 1.45 bits per heavy atom. The molecule has 2 unspecified atom stereocenters. The lowest BCUT2D eigenvalue weighted by atomic mass is 9.99. The maximum atomic E-state index is 13.9. The minimum absolute atomic E-state index is 0.240. The molecule has 2 atom stereocenters. The highest BCUT2D eigenvalue weighted by Crippen LogP contribution is 2.25. The van der Waals surface area contributed by atoms with E-state index >= 15 is 0 Å². The van der Waals surface area contributed by atoms with Gasteiger partial charge in [0.2, 0.25) is 0 Å². The van der Waals surface area contributed by atoms with Crippen LogP contribution in [0.1, 0.15) is 24.8 Å². The summed E-state index contributed by atoms with van der Waals surface area (Å²) in [6.07, 6.45) is 2.71. The Hall–Kier alpha value is -0.460. The van der Waals surface area contributed by atoms with Gasteiger partial charge < -0.3 is 5.32 Å². The van der Waals surface area contributed by atoms with E-state index in [0.29, 0.717) is 22.9 Å². The lowest BCUT2D eigenvalue weighted by Crippen LogP contribution is -2.46. The second-order valence-electron chi connectivity index (χ2n) is 5.24. The molecule has 2 rings (SSSR count). The molecule has 0 bridgehead atoms. The molecule has 1 N–H and O–H groups in total. The van der Waals surface area contributed by atoms with Crippen LogP contribution in [0, 0.1) is 5.82 Å². The first kappa shape index (κ1) is 15.9. The molecule has 0 aliphatic carbocycles. The zero-order valence-corrected chi connectivity index (χ0v) is 13.8. The molecule has 0 spiro atoms. The number of hydrogen-bond acceptors (Lipinski definition) is 3. The number of hydrogen-bond donors (Lipinski definition) is 1. The van der Waals surface area contributed by atoms with Crippen LogP contribution in [0.3, 0.4) is 0 Å². The van der Waals surface area contributed by atoms with Gasteiger partial charge in [-0.15, -0.1) is 0 Å². The SMILES string of the molecule is CNC(Cc1ccc(Br)cc1F)C1CCCCS1(=O)=O. The fourth-order valence-electron chi connectivity index (χ4n) is 2.77. The van der Waals surface area contributed by atoms with Crippen LogP contribution in [0.2, 0.25) is 0 Å². The third-order valence-electron chi connectivity index (χ3n) is 3.90. The van der Waals surface area contributed by atoms with Gasteiger partial charge in [0.15, 0.2) is 9.84 Å². The van der Waals surface area contributed by atoms with E-state index in [4.69, 9.17) is 0 Å². The molecule has 1 heterocycles. The van der Waals surface area contributed by atoms with Gasteiger partial charge in [0.05, 0.1) is 11.0 Å². The summed E-state index contributed by atoms with van der Waals surface area (Å²) in [4.78, 5) is 0. The number of sulfone groups is 1. The maximum absolute atomic E-state index is 13.9. The van der Waals surface area contributed by atoms with Gasteiger partial charge in [-0.3, -0.25) is 0 Å². The van der Waals surface area contributed by atoms with E-state index < -0.39 is 15.1 Å². The van der Waals surface area contributed by atoms with Crippen molar-refractivity contribution in [2.24, 2.45) is 0 Å². The molecule has 1 aliphatic rings. The standard InChI is InChI=1S/C14H19BrFNO2S/c1-17-13(14-4-2-3-7-20(14,18)19)8-10-5-6-11(15)9-12(10)16/h5-6,9,13-14,17H,2-4,7-8H2,1H3. The Morgan fingerprint density at radius 2 is 2.20 bits per heavy atom. The summed E-state index contributed by atoms with van der Waals surface area (Å²) in [7, 11) is -1.33. The van der Waals surface area contributed by atoms with Crippen LogP contribution in [-0.2, 0) is 16.3 Å². The summed E-state index contributed by atoms with van der Waals surface area (Å²) in [5.74, 6) is -0.0496. The Labute approximate surface area is 128 Å². The molecule has 112 valence electrons. The van der Waals surface area contributed by atoms with Crippen LogP contribution in [0.5, 0.6) is 0 Å². The minimum Gasteiger partial charge on any atom is -0.315 e. The van der Waals surface area contributed by atoms with Crippen molar-refractivity contribution < 1.29 is 12.8 Å². The summed E-state index contributed by atoms with van der Waals surface area (Å²) >= 11 is 3.22. The largest absolute Gasteiger partial charge is 0.315 e. The molecular formula is C14H19BrFNO2S. The van der Waals surface area contributed by atoms with Crippen molar-refractivity contribution in [3.05, 3.63) is 34.1 Å². The summed E-state index contributed by atoms with van der Waals surface area (Å²) in [5, 5.41) is 2.65. The van der Waals surface area contributed by atoms with Crippen LogP contribution < -0.4 is 5.32 Å². The summed E-state index contributed by atoms with van der Waals surface area (Å²) in [6.45, 7) is 0. The predicted octanol–water partition coefficient (Wildman–Crippen LogP) is 2.69. The third kappa shape index (κ3) is 3.59. The summed E-state index contributed by atoms with van der Waals surface area (Å²) in [5.41, 5.74) is 0.549. The van der Waals surface area contributed by atoms with Crippen LogP contribution >= 0.6 is 15.9 Å². The molecule has 0 radical (unpaired) electrons. The Balaban J connectivity index is 2.20. The van der Waals surface area contributed by atoms with E-state index in [1.54, 1.807) is 19.2 Å². The van der Waals surface area contributed by atoms with Crippen molar-refractivity contribution in [2.75, 3.05) is 12.8 Å². The molecule has 0 amide bonds. The third-order valence-corrected chi connectivity index (χ3v) is 6.74. The number of likely N-dealkylation sites (N-methyl/N-ethyl adjacent to an activating group) is 1. The normalized spacial score (nSPS) is 23.4. The Kier molecular flexibility index (Phi) is 5.20. The van der Waals surface area contributed by atoms with Gasteiger partial charge in [-0.2, -0.15) is 0 Å². The number of nitrogens with one attached hydrogen (secondary N) is 1. The lowest BCUT2D eigenvalue weighted by Gasteiger charge is -2.30. The van der Waals surface area contributed by atoms with E-state index in [0.717, 1.165) is 12.8 Å². The molecule has 1 aliphatic heterocycles. The minimum atomic E-state index is -3.07. The highest BCUT2D eigenvalue weighted by atomic mass is 79.9. The average molecular weight is 364 g/mol. The first-order valence-electron chi connectivity index (χ1n) is 6.77. The average Bonchev–Trinajstić information content (AvgIpc) is 2.38. The van der Waals surface area contributed by atoms with Crippen molar-refractivity contribution in [3.8, 4) is 0 Å². The Bertz CT molecular complexity index is 577. The molecule has 0 saturated carbocycles. The van der Waals surface area contributed by atoms with Crippen LogP contribution in [-0.4, -0.2) is 32.5 Å². The van der Waals surface area contributed by atoms with Crippen molar-refractivity contribution in [2.45, 2.75) is 37.0 Å². The van der Waals surface area contributed by atoms with Gasteiger partial charge in [-0.25, -0.2) is 12.8 Å². The monoisotopic (exact) mass is 363 g/mol. The molecule has 1 aromatic rings. The Morgan fingerprint density at radius 3 is 2.80 bits per heavy atom. The second-order valence-corrected chi connectivity index (χ2v) is 8.49. The maximum Gasteiger partial charge on any atom is 0.154 e. The van der Waals surface area contributed by atoms with Gasteiger partial charge in [-0.05, 0) is 44.0 Å². The number of benzene rings is 1. The van der Waals surface area contributed by atoms with Gasteiger partial charge in [0, 0.05) is 10.5 Å². The fourth-order valence-corrected chi connectivity index (χ4v) is 5.28. The number of rotatable bonds is 4. The summed E-state index contributed by atoms with van der Waals surface area (Å²) in [6, 6.07) is 4.66. The van der Waals surface area contributed by atoms with E-state index in [-0.39, 0.29) is 17.6 Å². The molecule has 3 nitrogen and oxygen atoms in total. The van der Waals surface area contributed by atoms with Crippen molar-refractivity contribution in [1.29, 1.82) is 0 Å². The van der Waals surface area contributed by atoms with Crippen LogP contribution in [0.15, 0.2) is 22.7 Å². The molecule has 1 aromatic carbocycles. The quantitative estimate of drug-likeness (QED) is 0.894. The smallest absolute Gasteiger partial charge is 0.154 e. The molecule has 6 heteroatoms. The van der Waals surface area contributed by atoms with Gasteiger partial charge in [0.25, 0.3) is 0 Å². The van der Waals surface area contributed by atoms with E-state index in [1.165, 1.54) is 6.07 Å². The van der Waals surface area contributed by atoms with Gasteiger partial charge in [0.1, 0.15) is 5.82 Å². The van der Waals surface area contributed by atoms with Gasteiger partial charge in [-0.1, -0.05) is 28.4 Å². The second kappa shape index (κ2) is 6.54. The molecule has 1 saturated heterocycles. The van der Waals surface area contributed by atoms with Crippen LogP contribution in [0.25, 0.3) is 0 Å². The predicted molar refractivity (Wildman–Crippen MR) is 82.1 cm³/mol. The zero-order valence-electron chi connectivity index (χ0n) is 11.4. The van der Waals surface area contributed by atoms with E-state index in [9.17, 15) is 12.8 Å². The zero-order chi connectivity index (χ0) is 14.8. The summed E-state index contributed by atoms with van der Waals surface area (Å²) < 4.78 is 38.9. The van der Waals surface area contributed by atoms with Gasteiger partial charge >= 0.3 is 0 Å². The topological polar surface area (TPSA) is 46.2 Å². The first-order valence-corrected chi connectivity index (χ1v) is 9.27.